The maximum Gasteiger partial charge on any atom is 1.00 e. The fraction of sp³-hybridized carbons (Fsp3) is 1.00. The van der Waals surface area contributed by atoms with Crippen molar-refractivity contribution in [2.75, 3.05) is 0 Å². The zero-order valence-electron chi connectivity index (χ0n) is 11.8. The molecule has 0 unspecified atom stereocenters. The number of rotatable bonds is 0. The van der Waals surface area contributed by atoms with Gasteiger partial charge in [-0.25, -0.2) is 0 Å². The van der Waals surface area contributed by atoms with Gasteiger partial charge < -0.3 is 53.2 Å². The second-order valence-corrected chi connectivity index (χ2v) is 3.25. The molecule has 21 heavy (non-hydrogen) atoms. The predicted molar refractivity (Wildman–Crippen MR) is 54.8 cm³/mol. The zero-order chi connectivity index (χ0) is 17.0. The monoisotopic (exact) mass is 371 g/mol. The van der Waals surface area contributed by atoms with E-state index in [0.717, 1.165) is 0 Å². The molecule has 1 aliphatic carbocycles. The Balaban J connectivity index is -0.0000000567. The van der Waals surface area contributed by atoms with Gasteiger partial charge in [-0.1, -0.05) is 32.1 Å². The van der Waals surface area contributed by atoms with Crippen molar-refractivity contribution in [3.63, 3.8) is 0 Å². The minimum absolute atomic E-state index is 0. The Hall–Kier alpha value is 0.991. The van der Waals surface area contributed by atoms with E-state index in [1.165, 1.54) is 32.1 Å². The molecule has 0 saturated heterocycles. The smallest absolute Gasteiger partial charge is 1.00 e. The fourth-order valence-electron chi connectivity index (χ4n) is 0.884. The summed E-state index contributed by atoms with van der Waals surface area (Å²) in [4.78, 5) is 0. The number of hydrogen-bond acceptors (Lipinski definition) is 0. The van der Waals surface area contributed by atoms with Crippen LogP contribution in [0.1, 0.15) is 33.5 Å². The normalized spacial score (nSPS) is 14.3. The molecule has 1 fully saturated rings. The number of halogens is 12. The summed E-state index contributed by atoms with van der Waals surface area (Å²) >= 11 is 0. The maximum absolute atomic E-state index is 9.75. The quantitative estimate of drug-likeness (QED) is 0.454. The van der Waals surface area contributed by atoms with Gasteiger partial charge >= 0.3 is 73.1 Å². The van der Waals surface area contributed by atoms with E-state index in [0.29, 0.717) is 0 Å². The second-order valence-electron chi connectivity index (χ2n) is 3.25. The molecule has 16 heteroatoms. The Morgan fingerprint density at radius 3 is 0.476 bits per heavy atom. The van der Waals surface area contributed by atoms with Crippen molar-refractivity contribution >= 4 is 21.8 Å². The summed E-state index contributed by atoms with van der Waals surface area (Å²) in [6.07, 6.45) is 7.50. The summed E-state index contributed by atoms with van der Waals surface area (Å²) < 4.78 is 117. The van der Waals surface area contributed by atoms with Crippen molar-refractivity contribution in [3.8, 4) is 0 Å². The zero-order valence-corrected chi connectivity index (χ0v) is 13.9. The van der Waals surface area contributed by atoms with E-state index in [-0.39, 0.29) is 52.8 Å². The van der Waals surface area contributed by atoms with Gasteiger partial charge in [-0.15, -0.1) is 0 Å². The maximum atomic E-state index is 9.75. The van der Waals surface area contributed by atoms with Crippen LogP contribution in [0.4, 0.5) is 51.8 Å². The van der Waals surface area contributed by atoms with Crippen molar-refractivity contribution < 1.29 is 105 Å². The van der Waals surface area contributed by atoms with Crippen LogP contribution in [0.3, 0.4) is 0 Å². The Morgan fingerprint density at radius 1 is 0.381 bits per heavy atom. The average molecular weight is 371 g/mol. The van der Waals surface area contributed by atoms with Gasteiger partial charge in [-0.3, -0.25) is 0 Å². The minimum Gasteiger partial charge on any atom is -1.00 e. The van der Waals surface area contributed by atoms with Crippen LogP contribution in [0.5, 0.6) is 0 Å². The summed E-state index contributed by atoms with van der Waals surface area (Å²) in [5.41, 5.74) is 0. The van der Waals surface area contributed by atoms with Gasteiger partial charge in [0.25, 0.3) is 0 Å². The van der Waals surface area contributed by atoms with E-state index >= 15 is 0 Å². The predicted octanol–water partition coefficient (Wildman–Crippen LogP) is 2.97. The Bertz CT molecular complexity index is 160. The average Bonchev–Trinajstić information content (AvgIpc) is 2.45. The topological polar surface area (TPSA) is 0 Å². The third kappa shape index (κ3) is 211. The van der Waals surface area contributed by atoms with Crippen LogP contribution in [0.2, 0.25) is 0 Å². The molecule has 0 spiro atoms. The molecule has 0 atom stereocenters. The molecule has 0 aromatic heterocycles. The third-order valence-electron chi connectivity index (χ3n) is 1.25. The van der Waals surface area contributed by atoms with E-state index in [4.69, 9.17) is 0 Å². The Labute approximate surface area is 157 Å². The van der Waals surface area contributed by atoms with Crippen LogP contribution in [0.15, 0.2) is 0 Å². The molecule has 1 rings (SSSR count). The molecule has 0 aromatic rings. The largest absolute Gasteiger partial charge is 1.00 e. The molecule has 0 nitrogen and oxygen atoms in total. The summed E-state index contributed by atoms with van der Waals surface area (Å²) in [5, 5.41) is 0. The first-order valence-corrected chi connectivity index (χ1v) is 5.12. The third-order valence-corrected chi connectivity index (χ3v) is 1.25. The molecule has 128 valence electrons. The SMILES string of the molecule is C1CCCC1.F[B-](F)(F)F.F[B-](F)(F)F.F[B-](F)(F)F.[H-].[K+]. The van der Waals surface area contributed by atoms with Gasteiger partial charge in [0.15, 0.2) is 0 Å². The molecule has 0 heterocycles. The second kappa shape index (κ2) is 14.6. The van der Waals surface area contributed by atoms with Crippen LogP contribution in [0, 0.1) is 0 Å². The Kier molecular flexibility index (Phi) is 20.8. The van der Waals surface area contributed by atoms with E-state index in [9.17, 15) is 51.8 Å². The molecule has 1 saturated carbocycles. The standard InChI is InChI=1S/C5H10.3BF4.K.H/c1-2-4-5-3-1;3*2-1(3,4)5;;/h1-5H2;;;;;/q;3*-1;+1;-1. The summed E-state index contributed by atoms with van der Waals surface area (Å²) in [6.45, 7) is 0. The van der Waals surface area contributed by atoms with Gasteiger partial charge in [-0.05, 0) is 0 Å². The van der Waals surface area contributed by atoms with Crippen molar-refractivity contribution in [1.29, 1.82) is 0 Å². The van der Waals surface area contributed by atoms with E-state index in [1.807, 2.05) is 0 Å². The van der Waals surface area contributed by atoms with Crippen molar-refractivity contribution in [3.05, 3.63) is 0 Å². The van der Waals surface area contributed by atoms with Crippen molar-refractivity contribution in [2.45, 2.75) is 32.1 Å². The summed E-state index contributed by atoms with van der Waals surface area (Å²) in [6, 6.07) is 0. The molecule has 0 bridgehead atoms. The number of hydrogen-bond donors (Lipinski definition) is 0. The van der Waals surface area contributed by atoms with E-state index in [2.05, 4.69) is 0 Å². The first-order chi connectivity index (χ1) is 8.50. The van der Waals surface area contributed by atoms with Crippen LogP contribution >= 0.6 is 0 Å². The molecule has 1 aliphatic rings. The van der Waals surface area contributed by atoms with Gasteiger partial charge in [0, 0.05) is 0 Å². The van der Waals surface area contributed by atoms with Crippen LogP contribution in [-0.2, 0) is 0 Å². The van der Waals surface area contributed by atoms with Crippen molar-refractivity contribution in [2.24, 2.45) is 0 Å². The van der Waals surface area contributed by atoms with E-state index in [1.54, 1.807) is 0 Å². The molecular weight excluding hydrogens is 360 g/mol. The summed E-state index contributed by atoms with van der Waals surface area (Å²) in [7, 11) is -18.0. The molecule has 0 N–H and O–H groups in total. The molecule has 0 aliphatic heterocycles. The first-order valence-electron chi connectivity index (χ1n) is 5.12. The van der Waals surface area contributed by atoms with E-state index < -0.39 is 21.8 Å². The molecule has 0 radical (unpaired) electrons. The van der Waals surface area contributed by atoms with Crippen LogP contribution in [0.25, 0.3) is 0 Å². The fourth-order valence-corrected chi connectivity index (χ4v) is 0.884. The van der Waals surface area contributed by atoms with Gasteiger partial charge in [0.2, 0.25) is 0 Å². The van der Waals surface area contributed by atoms with Gasteiger partial charge in [0.05, 0.1) is 0 Å². The van der Waals surface area contributed by atoms with Gasteiger partial charge in [-0.2, -0.15) is 0 Å². The first kappa shape index (κ1) is 29.9. The summed E-state index contributed by atoms with van der Waals surface area (Å²) in [5.74, 6) is 0. The van der Waals surface area contributed by atoms with Crippen molar-refractivity contribution in [1.82, 2.24) is 0 Å². The molecule has 0 amide bonds. The van der Waals surface area contributed by atoms with Crippen LogP contribution in [-0.4, -0.2) is 21.8 Å². The molecule has 0 aromatic carbocycles. The van der Waals surface area contributed by atoms with Crippen LogP contribution < -0.4 is 51.4 Å². The molecular formula is C5H11B3F12K-3. The minimum atomic E-state index is -6.00. The van der Waals surface area contributed by atoms with Gasteiger partial charge in [0.1, 0.15) is 0 Å². The Morgan fingerprint density at radius 2 is 0.429 bits per heavy atom.